The molecule has 4 heteroatoms. The molecule has 1 rings (SSSR count). The first-order valence-electron chi connectivity index (χ1n) is 7.17. The lowest BCUT2D eigenvalue weighted by Gasteiger charge is -2.32. The van der Waals surface area contributed by atoms with Gasteiger partial charge in [0, 0.05) is 39.2 Å². The van der Waals surface area contributed by atoms with Crippen molar-refractivity contribution in [2.24, 2.45) is 0 Å². The van der Waals surface area contributed by atoms with Crippen molar-refractivity contribution in [1.29, 1.82) is 0 Å². The number of nitrogens with zero attached hydrogens (tertiary/aromatic N) is 2. The van der Waals surface area contributed by atoms with Crippen LogP contribution in [-0.4, -0.2) is 61.6 Å². The number of hydrogen-bond acceptors (Lipinski definition) is 3. The number of unbranched alkanes of at least 4 members (excludes halogenated alkanes) is 2. The second-order valence-electron chi connectivity index (χ2n) is 5.41. The zero-order chi connectivity index (χ0) is 13.4. The predicted molar refractivity (Wildman–Crippen MR) is 73.6 cm³/mol. The fourth-order valence-corrected chi connectivity index (χ4v) is 2.09. The smallest absolute Gasteiger partial charge is 0.222 e. The fraction of sp³-hybridized carbons (Fsp3) is 0.929. The van der Waals surface area contributed by atoms with Crippen molar-refractivity contribution >= 4 is 5.91 Å². The van der Waals surface area contributed by atoms with Crippen LogP contribution in [0.4, 0.5) is 0 Å². The lowest BCUT2D eigenvalue weighted by Crippen LogP contribution is -2.47. The highest BCUT2D eigenvalue weighted by molar-refractivity contribution is 5.76. The molecule has 0 saturated carbocycles. The molecule has 1 heterocycles. The van der Waals surface area contributed by atoms with E-state index in [4.69, 9.17) is 4.74 Å². The number of rotatable bonds is 7. The van der Waals surface area contributed by atoms with Gasteiger partial charge in [0.25, 0.3) is 0 Å². The summed E-state index contributed by atoms with van der Waals surface area (Å²) in [5.41, 5.74) is 0. The minimum atomic E-state index is 0.317. The third-order valence-electron chi connectivity index (χ3n) is 3.34. The predicted octanol–water partition coefficient (Wildman–Crippen LogP) is 1.75. The zero-order valence-electron chi connectivity index (χ0n) is 12.2. The Kier molecular flexibility index (Phi) is 7.28. The van der Waals surface area contributed by atoms with E-state index in [1.54, 1.807) is 0 Å². The molecule has 4 nitrogen and oxygen atoms in total. The van der Waals surface area contributed by atoms with Crippen LogP contribution in [0.5, 0.6) is 0 Å². The van der Waals surface area contributed by atoms with Crippen molar-refractivity contribution in [3.8, 4) is 0 Å². The van der Waals surface area contributed by atoms with Crippen molar-refractivity contribution in [2.75, 3.05) is 39.8 Å². The molecule has 0 aliphatic carbocycles. The van der Waals surface area contributed by atoms with Gasteiger partial charge >= 0.3 is 0 Å². The summed E-state index contributed by atoms with van der Waals surface area (Å²) in [4.78, 5) is 16.2. The van der Waals surface area contributed by atoms with E-state index in [0.717, 1.165) is 52.0 Å². The van der Waals surface area contributed by atoms with E-state index in [-0.39, 0.29) is 0 Å². The topological polar surface area (TPSA) is 32.8 Å². The van der Waals surface area contributed by atoms with Gasteiger partial charge in [-0.15, -0.1) is 0 Å². The highest BCUT2D eigenvalue weighted by Crippen LogP contribution is 2.07. The molecule has 0 bridgehead atoms. The van der Waals surface area contributed by atoms with Gasteiger partial charge in [-0.05, 0) is 33.7 Å². The van der Waals surface area contributed by atoms with Gasteiger partial charge in [-0.2, -0.15) is 0 Å². The maximum absolute atomic E-state index is 11.9. The second kappa shape index (κ2) is 8.48. The number of piperazine rings is 1. The number of amides is 1. The molecule has 1 aliphatic rings. The Hall–Kier alpha value is -0.610. The molecule has 106 valence electrons. The number of ether oxygens (including phenoxy) is 1. The Bertz CT molecular complexity index is 236. The summed E-state index contributed by atoms with van der Waals surface area (Å²) in [7, 11) is 2.11. The molecule has 18 heavy (non-hydrogen) atoms. The standard InChI is InChI=1S/C14H28N2O2/c1-13(2)18-12-6-4-5-7-14(17)16-10-8-15(3)9-11-16/h13H,4-12H2,1-3H3. The summed E-state index contributed by atoms with van der Waals surface area (Å²) < 4.78 is 5.48. The van der Waals surface area contributed by atoms with Crippen LogP contribution >= 0.6 is 0 Å². The molecule has 0 radical (unpaired) electrons. The van der Waals surface area contributed by atoms with Gasteiger partial charge in [-0.25, -0.2) is 0 Å². The Balaban J connectivity index is 2.00. The SMILES string of the molecule is CC(C)OCCCCCC(=O)N1CCN(C)CC1. The van der Waals surface area contributed by atoms with E-state index in [9.17, 15) is 4.79 Å². The molecule has 0 aromatic carbocycles. The van der Waals surface area contributed by atoms with Crippen LogP contribution in [0.1, 0.15) is 39.5 Å². The Labute approximate surface area is 111 Å². The van der Waals surface area contributed by atoms with Gasteiger partial charge in [0.05, 0.1) is 6.10 Å². The number of carbonyl (C=O) groups excluding carboxylic acids is 1. The maximum atomic E-state index is 11.9. The largest absolute Gasteiger partial charge is 0.379 e. The molecule has 1 aliphatic heterocycles. The summed E-state index contributed by atoms with van der Waals surface area (Å²) >= 11 is 0. The van der Waals surface area contributed by atoms with E-state index in [1.807, 2.05) is 4.90 Å². The van der Waals surface area contributed by atoms with Crippen molar-refractivity contribution < 1.29 is 9.53 Å². The first kappa shape index (κ1) is 15.4. The lowest BCUT2D eigenvalue weighted by molar-refractivity contribution is -0.132. The Morgan fingerprint density at radius 2 is 1.78 bits per heavy atom. The highest BCUT2D eigenvalue weighted by atomic mass is 16.5. The number of carbonyl (C=O) groups is 1. The monoisotopic (exact) mass is 256 g/mol. The molecular weight excluding hydrogens is 228 g/mol. The summed E-state index contributed by atoms with van der Waals surface area (Å²) in [6, 6.07) is 0. The van der Waals surface area contributed by atoms with Crippen LogP contribution in [0.2, 0.25) is 0 Å². The molecular formula is C14H28N2O2. The van der Waals surface area contributed by atoms with E-state index in [0.29, 0.717) is 18.4 Å². The first-order chi connectivity index (χ1) is 8.59. The maximum Gasteiger partial charge on any atom is 0.222 e. The molecule has 1 amide bonds. The van der Waals surface area contributed by atoms with Gasteiger partial charge in [-0.3, -0.25) is 4.79 Å². The third-order valence-corrected chi connectivity index (χ3v) is 3.34. The molecule has 0 unspecified atom stereocenters. The molecule has 0 aromatic heterocycles. The molecule has 0 spiro atoms. The zero-order valence-corrected chi connectivity index (χ0v) is 12.2. The Morgan fingerprint density at radius 3 is 2.39 bits per heavy atom. The summed E-state index contributed by atoms with van der Waals surface area (Å²) in [6.07, 6.45) is 4.16. The quantitative estimate of drug-likeness (QED) is 0.651. The van der Waals surface area contributed by atoms with Gasteiger partial charge in [0.15, 0.2) is 0 Å². The van der Waals surface area contributed by atoms with Crippen LogP contribution in [0.25, 0.3) is 0 Å². The van der Waals surface area contributed by atoms with Gasteiger partial charge < -0.3 is 14.5 Å². The van der Waals surface area contributed by atoms with E-state index in [2.05, 4.69) is 25.8 Å². The average molecular weight is 256 g/mol. The molecule has 0 N–H and O–H groups in total. The van der Waals surface area contributed by atoms with Crippen molar-refractivity contribution in [1.82, 2.24) is 9.80 Å². The van der Waals surface area contributed by atoms with Crippen LogP contribution in [0.3, 0.4) is 0 Å². The Morgan fingerprint density at radius 1 is 1.11 bits per heavy atom. The van der Waals surface area contributed by atoms with Crippen LogP contribution in [0, 0.1) is 0 Å². The van der Waals surface area contributed by atoms with Gasteiger partial charge in [0.2, 0.25) is 5.91 Å². The summed E-state index contributed by atoms with van der Waals surface area (Å²) in [6.45, 7) is 8.73. The average Bonchev–Trinajstić information content (AvgIpc) is 2.34. The van der Waals surface area contributed by atoms with E-state index < -0.39 is 0 Å². The number of likely N-dealkylation sites (N-methyl/N-ethyl adjacent to an activating group) is 1. The minimum absolute atomic E-state index is 0.317. The molecule has 0 atom stereocenters. The fourth-order valence-electron chi connectivity index (χ4n) is 2.09. The highest BCUT2D eigenvalue weighted by Gasteiger charge is 2.18. The van der Waals surface area contributed by atoms with E-state index >= 15 is 0 Å². The second-order valence-corrected chi connectivity index (χ2v) is 5.41. The lowest BCUT2D eigenvalue weighted by atomic mass is 10.1. The minimum Gasteiger partial charge on any atom is -0.379 e. The van der Waals surface area contributed by atoms with Gasteiger partial charge in [0.1, 0.15) is 0 Å². The van der Waals surface area contributed by atoms with Crippen molar-refractivity contribution in [2.45, 2.75) is 45.6 Å². The van der Waals surface area contributed by atoms with Crippen molar-refractivity contribution in [3.05, 3.63) is 0 Å². The van der Waals surface area contributed by atoms with E-state index in [1.165, 1.54) is 0 Å². The van der Waals surface area contributed by atoms with Crippen LogP contribution in [-0.2, 0) is 9.53 Å². The normalized spacial score (nSPS) is 17.4. The van der Waals surface area contributed by atoms with Crippen molar-refractivity contribution in [3.63, 3.8) is 0 Å². The van der Waals surface area contributed by atoms with Gasteiger partial charge in [-0.1, -0.05) is 6.42 Å². The summed E-state index contributed by atoms with van der Waals surface area (Å²) in [5.74, 6) is 0.327. The molecule has 1 fully saturated rings. The van der Waals surface area contributed by atoms with Crippen LogP contribution < -0.4 is 0 Å². The molecule has 0 aromatic rings. The molecule has 1 saturated heterocycles. The van der Waals surface area contributed by atoms with Crippen LogP contribution in [0.15, 0.2) is 0 Å². The summed E-state index contributed by atoms with van der Waals surface area (Å²) in [5, 5.41) is 0. The number of hydrogen-bond donors (Lipinski definition) is 0. The first-order valence-corrected chi connectivity index (χ1v) is 7.17. The third kappa shape index (κ3) is 6.36.